The summed E-state index contributed by atoms with van der Waals surface area (Å²) in [7, 11) is 0. The fraction of sp³-hybridized carbons (Fsp3) is 0.526. The first-order valence-electron chi connectivity index (χ1n) is 8.66. The number of amides is 1. The molecule has 124 valence electrons. The number of fused-ring (bicyclic) bond motifs is 1. The van der Waals surface area contributed by atoms with E-state index in [1.165, 1.54) is 12.0 Å². The van der Waals surface area contributed by atoms with Crippen molar-refractivity contribution in [2.45, 2.75) is 45.3 Å². The number of hydrogen-bond acceptors (Lipinski definition) is 3. The Kier molecular flexibility index (Phi) is 5.34. The van der Waals surface area contributed by atoms with E-state index in [-0.39, 0.29) is 12.0 Å². The monoisotopic (exact) mass is 314 g/mol. The third-order valence-electron chi connectivity index (χ3n) is 4.51. The van der Waals surface area contributed by atoms with Crippen molar-refractivity contribution in [1.82, 2.24) is 10.2 Å². The van der Waals surface area contributed by atoms with Crippen molar-refractivity contribution in [2.24, 2.45) is 0 Å². The second kappa shape index (κ2) is 7.64. The maximum absolute atomic E-state index is 12.1. The SMILES string of the molecule is CC1CN(CCNC(=O)C2=CCCCC2)Cc2ccccc2O1. The van der Waals surface area contributed by atoms with Gasteiger partial charge in [0.25, 0.3) is 0 Å². The van der Waals surface area contributed by atoms with E-state index in [9.17, 15) is 4.79 Å². The number of benzene rings is 1. The molecule has 0 fully saturated rings. The van der Waals surface area contributed by atoms with Gasteiger partial charge in [0.1, 0.15) is 11.9 Å². The number of carbonyl (C=O) groups is 1. The molecule has 0 spiro atoms. The molecular weight excluding hydrogens is 288 g/mol. The molecule has 0 saturated carbocycles. The van der Waals surface area contributed by atoms with Gasteiger partial charge in [0.05, 0.1) is 0 Å². The summed E-state index contributed by atoms with van der Waals surface area (Å²) in [5.41, 5.74) is 2.19. The van der Waals surface area contributed by atoms with E-state index in [1.54, 1.807) is 0 Å². The molecule has 0 aromatic heterocycles. The third kappa shape index (κ3) is 4.35. The van der Waals surface area contributed by atoms with E-state index < -0.39 is 0 Å². The first-order chi connectivity index (χ1) is 11.2. The highest BCUT2D eigenvalue weighted by atomic mass is 16.5. The molecule has 1 aromatic carbocycles. The van der Waals surface area contributed by atoms with E-state index in [4.69, 9.17) is 4.74 Å². The van der Waals surface area contributed by atoms with Gasteiger partial charge in [-0.15, -0.1) is 0 Å². The Hall–Kier alpha value is -1.81. The van der Waals surface area contributed by atoms with Crippen LogP contribution in [0.3, 0.4) is 0 Å². The number of rotatable bonds is 4. The van der Waals surface area contributed by atoms with Crippen LogP contribution in [0.1, 0.15) is 38.2 Å². The van der Waals surface area contributed by atoms with E-state index in [0.717, 1.165) is 50.2 Å². The molecule has 1 aliphatic carbocycles. The molecule has 1 N–H and O–H groups in total. The number of hydrogen-bond donors (Lipinski definition) is 1. The molecule has 4 nitrogen and oxygen atoms in total. The molecule has 3 rings (SSSR count). The van der Waals surface area contributed by atoms with Gasteiger partial charge < -0.3 is 10.1 Å². The zero-order valence-corrected chi connectivity index (χ0v) is 13.9. The minimum Gasteiger partial charge on any atom is -0.489 e. The fourth-order valence-corrected chi connectivity index (χ4v) is 3.33. The predicted octanol–water partition coefficient (Wildman–Crippen LogP) is 2.89. The lowest BCUT2D eigenvalue weighted by Crippen LogP contribution is -2.38. The minimum absolute atomic E-state index is 0.115. The zero-order valence-electron chi connectivity index (χ0n) is 13.9. The van der Waals surface area contributed by atoms with E-state index >= 15 is 0 Å². The predicted molar refractivity (Wildman–Crippen MR) is 91.4 cm³/mol. The number of carbonyl (C=O) groups excluding carboxylic acids is 1. The van der Waals surface area contributed by atoms with Crippen molar-refractivity contribution in [3.63, 3.8) is 0 Å². The summed E-state index contributed by atoms with van der Waals surface area (Å²) >= 11 is 0. The van der Waals surface area contributed by atoms with Gasteiger partial charge in [-0.2, -0.15) is 0 Å². The first kappa shape index (κ1) is 16.1. The summed E-state index contributed by atoms with van der Waals surface area (Å²) in [6.45, 7) is 5.39. The summed E-state index contributed by atoms with van der Waals surface area (Å²) in [6, 6.07) is 8.21. The van der Waals surface area contributed by atoms with Gasteiger partial charge in [0, 0.05) is 37.3 Å². The average molecular weight is 314 g/mol. The lowest BCUT2D eigenvalue weighted by molar-refractivity contribution is -0.117. The number of para-hydroxylation sites is 1. The van der Waals surface area contributed by atoms with Crippen LogP contribution in [0.25, 0.3) is 0 Å². The van der Waals surface area contributed by atoms with Crippen molar-refractivity contribution < 1.29 is 9.53 Å². The molecule has 0 saturated heterocycles. The largest absolute Gasteiger partial charge is 0.489 e. The second-order valence-corrected chi connectivity index (χ2v) is 6.50. The summed E-state index contributed by atoms with van der Waals surface area (Å²) in [5.74, 6) is 1.10. The van der Waals surface area contributed by atoms with Crippen molar-refractivity contribution in [2.75, 3.05) is 19.6 Å². The summed E-state index contributed by atoms with van der Waals surface area (Å²) in [4.78, 5) is 14.5. The molecule has 4 heteroatoms. The number of nitrogens with one attached hydrogen (secondary N) is 1. The van der Waals surface area contributed by atoms with E-state index in [0.29, 0.717) is 6.54 Å². The highest BCUT2D eigenvalue weighted by Crippen LogP contribution is 2.24. The van der Waals surface area contributed by atoms with Gasteiger partial charge in [-0.3, -0.25) is 9.69 Å². The van der Waals surface area contributed by atoms with E-state index in [1.807, 2.05) is 18.2 Å². The van der Waals surface area contributed by atoms with E-state index in [2.05, 4.69) is 29.3 Å². The molecule has 1 atom stereocenters. The topological polar surface area (TPSA) is 41.6 Å². The molecule has 0 bridgehead atoms. The van der Waals surface area contributed by atoms with Crippen LogP contribution in [-0.2, 0) is 11.3 Å². The van der Waals surface area contributed by atoms with Crippen LogP contribution in [-0.4, -0.2) is 36.5 Å². The number of nitrogens with zero attached hydrogens (tertiary/aromatic N) is 1. The van der Waals surface area contributed by atoms with Gasteiger partial charge >= 0.3 is 0 Å². The maximum Gasteiger partial charge on any atom is 0.246 e. The fourth-order valence-electron chi connectivity index (χ4n) is 3.33. The molecule has 23 heavy (non-hydrogen) atoms. The van der Waals surface area contributed by atoms with Crippen LogP contribution in [0.4, 0.5) is 0 Å². The molecule has 0 radical (unpaired) electrons. The second-order valence-electron chi connectivity index (χ2n) is 6.50. The molecule has 1 aliphatic heterocycles. The molecule has 1 aromatic rings. The highest BCUT2D eigenvalue weighted by molar-refractivity contribution is 5.93. The average Bonchev–Trinajstić information content (AvgIpc) is 2.73. The van der Waals surface area contributed by atoms with Crippen LogP contribution in [0.15, 0.2) is 35.9 Å². The Morgan fingerprint density at radius 1 is 1.35 bits per heavy atom. The molecule has 2 aliphatic rings. The van der Waals surface area contributed by atoms with Crippen molar-refractivity contribution >= 4 is 5.91 Å². The smallest absolute Gasteiger partial charge is 0.246 e. The van der Waals surface area contributed by atoms with Crippen molar-refractivity contribution in [3.05, 3.63) is 41.5 Å². The zero-order chi connectivity index (χ0) is 16.1. The molecule has 1 heterocycles. The third-order valence-corrected chi connectivity index (χ3v) is 4.51. The van der Waals surface area contributed by atoms with Crippen LogP contribution in [0.5, 0.6) is 5.75 Å². The van der Waals surface area contributed by atoms with Gasteiger partial charge in [-0.25, -0.2) is 0 Å². The van der Waals surface area contributed by atoms with Crippen molar-refractivity contribution in [1.29, 1.82) is 0 Å². The standard InChI is InChI=1S/C19H26N2O2/c1-15-13-21(14-17-9-5-6-10-18(17)23-15)12-11-20-19(22)16-7-3-2-4-8-16/h5-7,9-10,15H,2-4,8,11-14H2,1H3,(H,20,22). The Bertz CT molecular complexity index is 582. The highest BCUT2D eigenvalue weighted by Gasteiger charge is 2.19. The minimum atomic E-state index is 0.115. The molecule has 1 unspecified atom stereocenters. The Morgan fingerprint density at radius 2 is 2.22 bits per heavy atom. The molecule has 1 amide bonds. The Labute approximate surface area is 138 Å². The number of ether oxygens (including phenoxy) is 1. The van der Waals surface area contributed by atoms with Gasteiger partial charge in [-0.1, -0.05) is 24.3 Å². The van der Waals surface area contributed by atoms with Gasteiger partial charge in [0.2, 0.25) is 5.91 Å². The van der Waals surface area contributed by atoms with Crippen LogP contribution in [0.2, 0.25) is 0 Å². The number of allylic oxidation sites excluding steroid dienone is 1. The normalized spacial score (nSPS) is 21.6. The van der Waals surface area contributed by atoms with Crippen LogP contribution < -0.4 is 10.1 Å². The molecular formula is C19H26N2O2. The van der Waals surface area contributed by atoms with Gasteiger partial charge in [0.15, 0.2) is 0 Å². The maximum atomic E-state index is 12.1. The quantitative estimate of drug-likeness (QED) is 0.929. The Balaban J connectivity index is 1.52. The summed E-state index contributed by atoms with van der Waals surface area (Å²) < 4.78 is 5.97. The van der Waals surface area contributed by atoms with Crippen LogP contribution in [0, 0.1) is 0 Å². The Morgan fingerprint density at radius 3 is 3.04 bits per heavy atom. The lowest BCUT2D eigenvalue weighted by Gasteiger charge is -2.22. The summed E-state index contributed by atoms with van der Waals surface area (Å²) in [6.07, 6.45) is 6.57. The summed E-state index contributed by atoms with van der Waals surface area (Å²) in [5, 5.41) is 3.07. The van der Waals surface area contributed by atoms with Crippen LogP contribution >= 0.6 is 0 Å². The first-order valence-corrected chi connectivity index (χ1v) is 8.66. The lowest BCUT2D eigenvalue weighted by atomic mass is 9.99. The van der Waals surface area contributed by atoms with Gasteiger partial charge in [-0.05, 0) is 38.7 Å². The van der Waals surface area contributed by atoms with Crippen molar-refractivity contribution in [3.8, 4) is 5.75 Å².